The van der Waals surface area contributed by atoms with Gasteiger partial charge in [-0.1, -0.05) is 138 Å². The summed E-state index contributed by atoms with van der Waals surface area (Å²) >= 11 is 1.06. The van der Waals surface area contributed by atoms with E-state index in [0.717, 1.165) is 34.0 Å². The fourth-order valence-electron chi connectivity index (χ4n) is 6.62. The van der Waals surface area contributed by atoms with E-state index in [-0.39, 0.29) is 34.3 Å². The lowest BCUT2D eigenvalue weighted by molar-refractivity contribution is -0.129. The molecule has 1 atom stereocenters. The number of sulfone groups is 1. The Labute approximate surface area is 324 Å². The maximum atomic E-state index is 14.4. The maximum absolute atomic E-state index is 14.4. The Bertz CT molecular complexity index is 2280. The third kappa shape index (κ3) is 7.80. The number of hydrogen-bond donors (Lipinski definition) is 0. The molecule has 0 aliphatic carbocycles. The molecule has 5 aromatic carbocycles. The number of benzene rings is 5. The highest BCUT2D eigenvalue weighted by Crippen LogP contribution is 2.47. The van der Waals surface area contributed by atoms with Gasteiger partial charge in [-0.2, -0.15) is 0 Å². The zero-order chi connectivity index (χ0) is 38.3. The smallest absolute Gasteiger partial charge is 0.290 e. The van der Waals surface area contributed by atoms with E-state index in [1.54, 1.807) is 31.2 Å². The van der Waals surface area contributed by atoms with Gasteiger partial charge in [-0.15, -0.1) is 0 Å². The van der Waals surface area contributed by atoms with Gasteiger partial charge in [0.25, 0.3) is 5.24 Å². The minimum atomic E-state index is -3.71. The molecule has 9 nitrogen and oxygen atoms in total. The van der Waals surface area contributed by atoms with Gasteiger partial charge in [0, 0.05) is 11.8 Å². The number of thioether (sulfide) groups is 1. The van der Waals surface area contributed by atoms with Crippen LogP contribution in [-0.2, 0) is 31.4 Å². The number of hydrogen-bond acceptors (Lipinski definition) is 9. The third-order valence-electron chi connectivity index (χ3n) is 9.30. The van der Waals surface area contributed by atoms with Crippen molar-refractivity contribution in [1.29, 1.82) is 0 Å². The van der Waals surface area contributed by atoms with Crippen LogP contribution in [0.2, 0.25) is 0 Å². The van der Waals surface area contributed by atoms with Crippen LogP contribution in [0, 0.1) is 0 Å². The molecule has 11 heteroatoms. The van der Waals surface area contributed by atoms with Crippen molar-refractivity contribution in [1.82, 2.24) is 9.88 Å². The first-order valence-electron chi connectivity index (χ1n) is 17.6. The van der Waals surface area contributed by atoms with Crippen molar-refractivity contribution < 1.29 is 27.6 Å². The molecule has 1 unspecified atom stereocenters. The van der Waals surface area contributed by atoms with Crippen molar-refractivity contribution in [3.63, 3.8) is 0 Å². The standard InChI is InChI=1S/C44H37N3O6S2/c1-32(34-24-27-41(45-31-34)55(50,51)39-20-12-5-13-21-39)46-53-29-28-52-38-25-22-33(23-26-38)30-40-42(48)47(43(49)54-40)44(35-14-6-2-7-15-35,36-16-8-3-9-17-36)37-18-10-4-11-19-37/h2-27,31,40H,28-30H2,1H3. The monoisotopic (exact) mass is 767 g/mol. The van der Waals surface area contributed by atoms with Gasteiger partial charge in [0.15, 0.2) is 11.6 Å². The van der Waals surface area contributed by atoms with Crippen LogP contribution in [0.5, 0.6) is 5.75 Å². The largest absolute Gasteiger partial charge is 0.490 e. The number of carbonyl (C=O) groups is 2. The van der Waals surface area contributed by atoms with Crippen LogP contribution in [0.3, 0.4) is 0 Å². The Balaban J connectivity index is 0.977. The molecule has 0 N–H and O–H groups in total. The Morgan fingerprint density at radius 1 is 0.727 bits per heavy atom. The molecular formula is C44H37N3O6S2. The summed E-state index contributed by atoms with van der Waals surface area (Å²) in [6.07, 6.45) is 1.82. The first-order chi connectivity index (χ1) is 26.8. The summed E-state index contributed by atoms with van der Waals surface area (Å²) in [5, 5.41) is 3.17. The number of aromatic nitrogens is 1. The summed E-state index contributed by atoms with van der Waals surface area (Å²) in [5.74, 6) is 0.371. The van der Waals surface area contributed by atoms with Crippen LogP contribution in [0.4, 0.5) is 4.79 Å². The van der Waals surface area contributed by atoms with E-state index in [2.05, 4.69) is 10.1 Å². The van der Waals surface area contributed by atoms with Gasteiger partial charge in [-0.05, 0) is 72.0 Å². The van der Waals surface area contributed by atoms with Crippen LogP contribution >= 0.6 is 11.8 Å². The van der Waals surface area contributed by atoms with Crippen molar-refractivity contribution in [2.45, 2.75) is 34.1 Å². The van der Waals surface area contributed by atoms with Crippen LogP contribution in [0.25, 0.3) is 0 Å². The molecule has 1 aliphatic heterocycles. The lowest BCUT2D eigenvalue weighted by Crippen LogP contribution is -2.51. The zero-order valence-corrected chi connectivity index (χ0v) is 31.5. The molecule has 0 bridgehead atoms. The van der Waals surface area contributed by atoms with Gasteiger partial charge in [0.1, 0.15) is 17.9 Å². The fraction of sp³-hybridized carbons (Fsp3) is 0.136. The number of rotatable bonds is 14. The summed E-state index contributed by atoms with van der Waals surface area (Å²) < 4.78 is 31.5. The Hall–Kier alpha value is -6.04. The molecule has 0 saturated carbocycles. The predicted molar refractivity (Wildman–Crippen MR) is 213 cm³/mol. The van der Waals surface area contributed by atoms with Gasteiger partial charge in [-0.25, -0.2) is 13.4 Å². The number of nitrogens with zero attached hydrogens (tertiary/aromatic N) is 3. The average molecular weight is 768 g/mol. The van der Waals surface area contributed by atoms with E-state index in [0.29, 0.717) is 23.4 Å². The molecular weight excluding hydrogens is 731 g/mol. The van der Waals surface area contributed by atoms with E-state index < -0.39 is 20.6 Å². The number of imide groups is 1. The van der Waals surface area contributed by atoms with Crippen molar-refractivity contribution in [2.24, 2.45) is 5.16 Å². The second-order valence-electron chi connectivity index (χ2n) is 12.8. The SMILES string of the molecule is CC(=NOCCOc1ccc(CC2SC(=O)N(C(c3ccccc3)(c3ccccc3)c3ccccc3)C2=O)cc1)c1ccc(S(=O)(=O)c2ccccc2)nc1. The Morgan fingerprint density at radius 2 is 1.27 bits per heavy atom. The summed E-state index contributed by atoms with van der Waals surface area (Å²) in [6.45, 7) is 2.14. The molecule has 6 aromatic rings. The maximum Gasteiger partial charge on any atom is 0.290 e. The van der Waals surface area contributed by atoms with E-state index in [4.69, 9.17) is 9.57 Å². The number of amides is 2. The summed E-state index contributed by atoms with van der Waals surface area (Å²) in [7, 11) is -3.71. The normalized spacial score (nSPS) is 14.9. The highest BCUT2D eigenvalue weighted by Gasteiger charge is 2.54. The highest BCUT2D eigenvalue weighted by atomic mass is 32.2. The number of oxime groups is 1. The zero-order valence-electron chi connectivity index (χ0n) is 29.9. The fourth-order valence-corrected chi connectivity index (χ4v) is 8.87. The summed E-state index contributed by atoms with van der Waals surface area (Å²) in [4.78, 5) is 39.6. The van der Waals surface area contributed by atoms with E-state index in [1.165, 1.54) is 29.3 Å². The minimum Gasteiger partial charge on any atom is -0.490 e. The Morgan fingerprint density at radius 3 is 1.80 bits per heavy atom. The van der Waals surface area contributed by atoms with Gasteiger partial charge in [-0.3, -0.25) is 14.5 Å². The lowest BCUT2D eigenvalue weighted by atomic mass is 9.75. The summed E-state index contributed by atoms with van der Waals surface area (Å²) in [5.41, 5.74) is 3.36. The first kappa shape index (κ1) is 37.3. The highest BCUT2D eigenvalue weighted by molar-refractivity contribution is 8.15. The summed E-state index contributed by atoms with van der Waals surface area (Å²) in [6, 6.07) is 47.8. The molecule has 1 saturated heterocycles. The van der Waals surface area contributed by atoms with Gasteiger partial charge in [0.05, 0.1) is 15.9 Å². The van der Waals surface area contributed by atoms with E-state index in [1.807, 2.05) is 115 Å². The van der Waals surface area contributed by atoms with Crippen LogP contribution in [0.1, 0.15) is 34.7 Å². The quantitative estimate of drug-likeness (QED) is 0.0471. The second-order valence-corrected chi connectivity index (χ2v) is 15.8. The van der Waals surface area contributed by atoms with Crippen molar-refractivity contribution in [3.05, 3.63) is 192 Å². The van der Waals surface area contributed by atoms with E-state index in [9.17, 15) is 18.0 Å². The van der Waals surface area contributed by atoms with Gasteiger partial charge < -0.3 is 9.57 Å². The predicted octanol–water partition coefficient (Wildman–Crippen LogP) is 8.33. The lowest BCUT2D eigenvalue weighted by Gasteiger charge is -2.42. The first-order valence-corrected chi connectivity index (χ1v) is 20.0. The van der Waals surface area contributed by atoms with Crippen LogP contribution < -0.4 is 4.74 Å². The molecule has 276 valence electrons. The van der Waals surface area contributed by atoms with Crippen LogP contribution in [-0.4, -0.2) is 53.6 Å². The number of ether oxygens (including phenoxy) is 1. The molecule has 55 heavy (non-hydrogen) atoms. The minimum absolute atomic E-state index is 0.0455. The third-order valence-corrected chi connectivity index (χ3v) is 12.0. The van der Waals surface area contributed by atoms with Crippen molar-refractivity contribution in [2.75, 3.05) is 13.2 Å². The molecule has 0 spiro atoms. The molecule has 2 amide bonds. The average Bonchev–Trinajstić information content (AvgIpc) is 3.51. The molecule has 1 fully saturated rings. The van der Waals surface area contributed by atoms with Crippen molar-refractivity contribution >= 4 is 38.5 Å². The topological polar surface area (TPSA) is 115 Å². The molecule has 0 radical (unpaired) electrons. The second kappa shape index (κ2) is 16.5. The molecule has 1 aromatic heterocycles. The Kier molecular flexibility index (Phi) is 11.2. The molecule has 1 aliphatic rings. The number of carbonyl (C=O) groups excluding carboxylic acids is 2. The molecule has 7 rings (SSSR count). The van der Waals surface area contributed by atoms with Gasteiger partial charge >= 0.3 is 0 Å². The number of pyridine rings is 1. The molecule has 2 heterocycles. The van der Waals surface area contributed by atoms with Gasteiger partial charge in [0.2, 0.25) is 15.7 Å². The van der Waals surface area contributed by atoms with Crippen molar-refractivity contribution in [3.8, 4) is 5.75 Å². The van der Waals surface area contributed by atoms with Crippen LogP contribution in [0.15, 0.2) is 179 Å². The van der Waals surface area contributed by atoms with E-state index >= 15 is 0 Å².